The molecular formula is C22H31FN2O3. The maximum atomic E-state index is 13.4. The summed E-state index contributed by atoms with van der Waals surface area (Å²) in [5.41, 5.74) is 0.876. The van der Waals surface area contributed by atoms with Crippen LogP contribution in [0.15, 0.2) is 24.3 Å². The number of urea groups is 1. The summed E-state index contributed by atoms with van der Waals surface area (Å²) in [6.45, 7) is 4.67. The van der Waals surface area contributed by atoms with Gasteiger partial charge in [-0.25, -0.2) is 9.18 Å². The SMILES string of the molecule is O=C(NCC1(c2ccc(F)cc2)CCOCC1)N1CCOCC(C2CCC2)C1. The Morgan fingerprint density at radius 2 is 1.86 bits per heavy atom. The first-order chi connectivity index (χ1) is 13.7. The Morgan fingerprint density at radius 1 is 1.11 bits per heavy atom. The molecule has 4 rings (SSSR count). The molecule has 2 amide bonds. The van der Waals surface area contributed by atoms with Crippen molar-refractivity contribution in [3.05, 3.63) is 35.6 Å². The second kappa shape index (κ2) is 8.78. The van der Waals surface area contributed by atoms with E-state index in [1.807, 2.05) is 17.0 Å². The smallest absolute Gasteiger partial charge is 0.317 e. The fraction of sp³-hybridized carbons (Fsp3) is 0.682. The predicted molar refractivity (Wildman–Crippen MR) is 105 cm³/mol. The molecule has 1 atom stereocenters. The molecular weight excluding hydrogens is 359 g/mol. The summed E-state index contributed by atoms with van der Waals surface area (Å²) in [6, 6.07) is 6.69. The van der Waals surface area contributed by atoms with Crippen LogP contribution in [-0.2, 0) is 14.9 Å². The standard InChI is InChI=1S/C22H31FN2O3/c23-20-6-4-19(5-7-20)22(8-11-27-12-9-22)16-24-21(26)25-10-13-28-15-18(14-25)17-2-1-3-17/h4-7,17-18H,1-3,8-16H2,(H,24,26). The van der Waals surface area contributed by atoms with Gasteiger partial charge in [-0.05, 0) is 36.5 Å². The highest BCUT2D eigenvalue weighted by molar-refractivity contribution is 5.74. The Bertz CT molecular complexity index is 656. The molecule has 6 heteroatoms. The largest absolute Gasteiger partial charge is 0.381 e. The zero-order valence-electron chi connectivity index (χ0n) is 16.5. The van der Waals surface area contributed by atoms with Gasteiger partial charge in [-0.2, -0.15) is 0 Å². The molecule has 1 N–H and O–H groups in total. The molecule has 0 aromatic heterocycles. The normalized spacial score (nSPS) is 25.6. The number of hydrogen-bond acceptors (Lipinski definition) is 3. The molecule has 3 fully saturated rings. The van der Waals surface area contributed by atoms with Crippen molar-refractivity contribution in [1.82, 2.24) is 10.2 Å². The number of benzene rings is 1. The second-order valence-electron chi connectivity index (χ2n) is 8.53. The molecule has 1 aromatic carbocycles. The molecule has 3 aliphatic rings. The summed E-state index contributed by atoms with van der Waals surface area (Å²) in [5.74, 6) is 0.923. The van der Waals surface area contributed by atoms with Crippen LogP contribution in [0.1, 0.15) is 37.7 Å². The first-order valence-electron chi connectivity index (χ1n) is 10.6. The Kier molecular flexibility index (Phi) is 6.16. The fourth-order valence-electron chi connectivity index (χ4n) is 4.71. The first-order valence-corrected chi connectivity index (χ1v) is 10.6. The second-order valence-corrected chi connectivity index (χ2v) is 8.53. The highest BCUT2D eigenvalue weighted by atomic mass is 19.1. The van der Waals surface area contributed by atoms with E-state index >= 15 is 0 Å². The van der Waals surface area contributed by atoms with Gasteiger partial charge in [0.15, 0.2) is 0 Å². The lowest BCUT2D eigenvalue weighted by Gasteiger charge is -2.39. The number of nitrogens with zero attached hydrogens (tertiary/aromatic N) is 1. The molecule has 0 radical (unpaired) electrons. The summed E-state index contributed by atoms with van der Waals surface area (Å²) < 4.78 is 24.7. The van der Waals surface area contributed by atoms with Gasteiger partial charge >= 0.3 is 6.03 Å². The molecule has 1 saturated carbocycles. The van der Waals surface area contributed by atoms with Gasteiger partial charge in [-0.1, -0.05) is 31.4 Å². The minimum Gasteiger partial charge on any atom is -0.381 e. The van der Waals surface area contributed by atoms with Crippen LogP contribution < -0.4 is 5.32 Å². The number of carbonyl (C=O) groups excluding carboxylic acids is 1. The summed E-state index contributed by atoms with van der Waals surface area (Å²) >= 11 is 0. The third-order valence-electron chi connectivity index (χ3n) is 6.88. The van der Waals surface area contributed by atoms with E-state index in [9.17, 15) is 9.18 Å². The maximum absolute atomic E-state index is 13.4. The molecule has 2 aliphatic heterocycles. The zero-order valence-corrected chi connectivity index (χ0v) is 16.5. The van der Waals surface area contributed by atoms with Gasteiger partial charge in [-0.15, -0.1) is 0 Å². The summed E-state index contributed by atoms with van der Waals surface area (Å²) in [5, 5.41) is 3.18. The van der Waals surface area contributed by atoms with Crippen LogP contribution in [0.4, 0.5) is 9.18 Å². The number of amides is 2. The third kappa shape index (κ3) is 4.33. The van der Waals surface area contributed by atoms with Crippen molar-refractivity contribution in [3.63, 3.8) is 0 Å². The van der Waals surface area contributed by atoms with E-state index in [4.69, 9.17) is 9.47 Å². The van der Waals surface area contributed by atoms with E-state index in [0.717, 1.165) is 31.6 Å². The van der Waals surface area contributed by atoms with Crippen molar-refractivity contribution < 1.29 is 18.7 Å². The van der Waals surface area contributed by atoms with Crippen molar-refractivity contribution in [2.45, 2.75) is 37.5 Å². The van der Waals surface area contributed by atoms with Crippen LogP contribution in [0.25, 0.3) is 0 Å². The van der Waals surface area contributed by atoms with E-state index in [0.29, 0.717) is 44.7 Å². The molecule has 1 aliphatic carbocycles. The lowest BCUT2D eigenvalue weighted by molar-refractivity contribution is 0.0499. The number of halogens is 1. The van der Waals surface area contributed by atoms with E-state index in [2.05, 4.69) is 5.32 Å². The zero-order chi connectivity index (χ0) is 19.4. The maximum Gasteiger partial charge on any atom is 0.317 e. The molecule has 2 heterocycles. The summed E-state index contributed by atoms with van der Waals surface area (Å²) in [4.78, 5) is 14.9. The van der Waals surface area contributed by atoms with Crippen molar-refractivity contribution >= 4 is 6.03 Å². The predicted octanol–water partition coefficient (Wildman–Crippen LogP) is 3.33. The van der Waals surface area contributed by atoms with Crippen LogP contribution in [0.3, 0.4) is 0 Å². The van der Waals surface area contributed by atoms with Crippen molar-refractivity contribution in [2.24, 2.45) is 11.8 Å². The number of nitrogens with one attached hydrogen (secondary N) is 1. The van der Waals surface area contributed by atoms with Gasteiger partial charge in [0, 0.05) is 44.2 Å². The van der Waals surface area contributed by atoms with Crippen LogP contribution in [0, 0.1) is 17.7 Å². The van der Waals surface area contributed by atoms with E-state index in [1.165, 1.54) is 31.4 Å². The molecule has 154 valence electrons. The number of rotatable bonds is 4. The Hall–Kier alpha value is -1.66. The molecule has 0 spiro atoms. The number of ether oxygens (including phenoxy) is 2. The van der Waals surface area contributed by atoms with Crippen LogP contribution >= 0.6 is 0 Å². The van der Waals surface area contributed by atoms with Gasteiger partial charge in [-0.3, -0.25) is 0 Å². The van der Waals surface area contributed by atoms with Gasteiger partial charge in [0.05, 0.1) is 13.2 Å². The molecule has 0 bridgehead atoms. The van der Waals surface area contributed by atoms with Crippen molar-refractivity contribution in [2.75, 3.05) is 46.1 Å². The summed E-state index contributed by atoms with van der Waals surface area (Å²) in [6.07, 6.45) is 5.48. The summed E-state index contributed by atoms with van der Waals surface area (Å²) in [7, 11) is 0. The molecule has 1 aromatic rings. The van der Waals surface area contributed by atoms with E-state index in [1.54, 1.807) is 0 Å². The topological polar surface area (TPSA) is 50.8 Å². The van der Waals surface area contributed by atoms with Gasteiger partial charge in [0.1, 0.15) is 5.82 Å². The lowest BCUT2D eigenvalue weighted by atomic mass is 9.74. The van der Waals surface area contributed by atoms with Crippen molar-refractivity contribution in [3.8, 4) is 0 Å². The highest BCUT2D eigenvalue weighted by Gasteiger charge is 2.36. The first kappa shape index (κ1) is 19.6. The molecule has 28 heavy (non-hydrogen) atoms. The Morgan fingerprint density at radius 3 is 2.54 bits per heavy atom. The Balaban J connectivity index is 1.41. The van der Waals surface area contributed by atoms with E-state index < -0.39 is 0 Å². The fourth-order valence-corrected chi connectivity index (χ4v) is 4.71. The molecule has 1 unspecified atom stereocenters. The van der Waals surface area contributed by atoms with Crippen molar-refractivity contribution in [1.29, 1.82) is 0 Å². The molecule has 2 saturated heterocycles. The van der Waals surface area contributed by atoms with Gasteiger partial charge in [0.25, 0.3) is 0 Å². The monoisotopic (exact) mass is 390 g/mol. The quantitative estimate of drug-likeness (QED) is 0.858. The van der Waals surface area contributed by atoms with Gasteiger partial charge < -0.3 is 19.7 Å². The van der Waals surface area contributed by atoms with E-state index in [-0.39, 0.29) is 17.3 Å². The third-order valence-corrected chi connectivity index (χ3v) is 6.88. The average molecular weight is 390 g/mol. The minimum absolute atomic E-state index is 0.0113. The minimum atomic E-state index is -0.235. The lowest BCUT2D eigenvalue weighted by Crippen LogP contribution is -2.50. The highest BCUT2D eigenvalue weighted by Crippen LogP contribution is 2.36. The van der Waals surface area contributed by atoms with Gasteiger partial charge in [0.2, 0.25) is 0 Å². The Labute approximate surface area is 166 Å². The molecule has 5 nitrogen and oxygen atoms in total. The average Bonchev–Trinajstić information content (AvgIpc) is 2.92. The van der Waals surface area contributed by atoms with Crippen LogP contribution in [0.2, 0.25) is 0 Å². The van der Waals surface area contributed by atoms with Crippen LogP contribution in [0.5, 0.6) is 0 Å². The number of hydrogen-bond donors (Lipinski definition) is 1. The van der Waals surface area contributed by atoms with Crippen LogP contribution in [-0.4, -0.2) is 57.0 Å². The number of carbonyl (C=O) groups is 1.